The first kappa shape index (κ1) is 19.0. The Morgan fingerprint density at radius 3 is 2.63 bits per heavy atom. The van der Waals surface area contributed by atoms with Crippen LogP contribution in [0.5, 0.6) is 0 Å². The minimum absolute atomic E-state index is 0.0258. The Bertz CT molecular complexity index is 1230. The largest absolute Gasteiger partial charge is 0.323 e. The molecule has 1 saturated heterocycles. The van der Waals surface area contributed by atoms with Crippen molar-refractivity contribution < 1.29 is 9.18 Å². The third kappa shape index (κ3) is 3.52. The molecule has 1 aliphatic rings. The Labute approximate surface area is 182 Å². The van der Waals surface area contributed by atoms with Crippen molar-refractivity contribution >= 4 is 38.6 Å². The van der Waals surface area contributed by atoms with E-state index in [1.807, 2.05) is 30.3 Å². The lowest BCUT2D eigenvalue weighted by molar-refractivity contribution is -0.117. The van der Waals surface area contributed by atoms with E-state index in [0.29, 0.717) is 19.5 Å². The van der Waals surface area contributed by atoms with E-state index in [9.17, 15) is 9.18 Å². The number of carbonyl (C=O) groups excluding carboxylic acids is 1. The number of rotatable bonds is 4. The average molecular weight is 464 g/mol. The summed E-state index contributed by atoms with van der Waals surface area (Å²) < 4.78 is 16.5. The fourth-order valence-electron chi connectivity index (χ4n) is 4.14. The molecule has 1 unspecified atom stereocenters. The van der Waals surface area contributed by atoms with Gasteiger partial charge in [0.15, 0.2) is 0 Å². The smallest absolute Gasteiger partial charge is 0.227 e. The number of hydrogen-bond acceptors (Lipinski definition) is 2. The van der Waals surface area contributed by atoms with Gasteiger partial charge >= 0.3 is 0 Å². The van der Waals surface area contributed by atoms with Gasteiger partial charge in [-0.25, -0.2) is 9.37 Å². The maximum Gasteiger partial charge on any atom is 0.227 e. The van der Waals surface area contributed by atoms with Crippen LogP contribution in [-0.4, -0.2) is 22.0 Å². The van der Waals surface area contributed by atoms with Crippen LogP contribution in [0, 0.1) is 5.82 Å². The molecule has 150 valence electrons. The first-order chi connectivity index (χ1) is 14.6. The highest BCUT2D eigenvalue weighted by atomic mass is 79.9. The van der Waals surface area contributed by atoms with E-state index < -0.39 is 0 Å². The van der Waals surface area contributed by atoms with E-state index in [2.05, 4.69) is 38.7 Å². The Hall–Kier alpha value is -2.99. The van der Waals surface area contributed by atoms with Gasteiger partial charge in [0, 0.05) is 35.6 Å². The van der Waals surface area contributed by atoms with Gasteiger partial charge in [0.1, 0.15) is 11.6 Å². The summed E-state index contributed by atoms with van der Waals surface area (Å²) >= 11 is 3.54. The lowest BCUT2D eigenvalue weighted by atomic mass is 10.1. The number of para-hydroxylation sites is 2. The van der Waals surface area contributed by atoms with E-state index in [1.165, 1.54) is 12.1 Å². The van der Waals surface area contributed by atoms with Gasteiger partial charge in [0.2, 0.25) is 5.91 Å². The first-order valence-corrected chi connectivity index (χ1v) is 10.6. The third-order valence-corrected chi connectivity index (χ3v) is 6.04. The van der Waals surface area contributed by atoms with Gasteiger partial charge in [-0.05, 0) is 54.1 Å². The van der Waals surface area contributed by atoms with Gasteiger partial charge < -0.3 is 9.47 Å². The van der Waals surface area contributed by atoms with Crippen LogP contribution in [0.15, 0.2) is 77.3 Å². The van der Waals surface area contributed by atoms with Crippen LogP contribution in [0.3, 0.4) is 0 Å². The molecule has 1 aliphatic heterocycles. The molecule has 6 heteroatoms. The number of carbonyl (C=O) groups is 1. The van der Waals surface area contributed by atoms with Crippen LogP contribution in [-0.2, 0) is 11.3 Å². The molecule has 0 N–H and O–H groups in total. The van der Waals surface area contributed by atoms with Crippen molar-refractivity contribution in [2.75, 3.05) is 11.4 Å². The van der Waals surface area contributed by atoms with E-state index in [1.54, 1.807) is 17.0 Å². The van der Waals surface area contributed by atoms with E-state index in [4.69, 9.17) is 4.98 Å². The molecule has 4 aromatic rings. The van der Waals surface area contributed by atoms with Crippen molar-refractivity contribution in [1.82, 2.24) is 9.55 Å². The Morgan fingerprint density at radius 2 is 1.83 bits per heavy atom. The molecule has 30 heavy (non-hydrogen) atoms. The second kappa shape index (κ2) is 7.69. The Morgan fingerprint density at radius 1 is 1.03 bits per heavy atom. The van der Waals surface area contributed by atoms with Gasteiger partial charge in [-0.3, -0.25) is 4.79 Å². The highest BCUT2D eigenvalue weighted by Gasteiger charge is 2.34. The molecule has 0 aliphatic carbocycles. The van der Waals surface area contributed by atoms with Gasteiger partial charge in [0.05, 0.1) is 11.0 Å². The molecule has 1 aromatic heterocycles. The molecule has 5 rings (SSSR count). The quantitative estimate of drug-likeness (QED) is 0.400. The summed E-state index contributed by atoms with van der Waals surface area (Å²) in [5.41, 5.74) is 3.86. The van der Waals surface area contributed by atoms with Crippen LogP contribution < -0.4 is 4.90 Å². The van der Waals surface area contributed by atoms with Crippen LogP contribution >= 0.6 is 15.9 Å². The first-order valence-electron chi connectivity index (χ1n) is 9.84. The molecule has 1 atom stereocenters. The predicted molar refractivity (Wildman–Crippen MR) is 119 cm³/mol. The summed E-state index contributed by atoms with van der Waals surface area (Å²) in [4.78, 5) is 19.4. The van der Waals surface area contributed by atoms with Gasteiger partial charge in [-0.1, -0.05) is 40.2 Å². The Balaban J connectivity index is 1.52. The highest BCUT2D eigenvalue weighted by molar-refractivity contribution is 9.10. The molecule has 0 spiro atoms. The van der Waals surface area contributed by atoms with Crippen LogP contribution in [0.1, 0.15) is 23.7 Å². The lowest BCUT2D eigenvalue weighted by Gasteiger charge is -2.17. The molecule has 3 aromatic carbocycles. The molecular weight excluding hydrogens is 445 g/mol. The maximum absolute atomic E-state index is 13.3. The lowest BCUT2D eigenvalue weighted by Crippen LogP contribution is -2.24. The van der Waals surface area contributed by atoms with Crippen LogP contribution in [0.4, 0.5) is 10.1 Å². The van der Waals surface area contributed by atoms with E-state index >= 15 is 0 Å². The number of hydrogen-bond donors (Lipinski definition) is 0. The molecular formula is C24H19BrFN3O. The zero-order valence-corrected chi connectivity index (χ0v) is 17.7. The number of benzene rings is 3. The van der Waals surface area contributed by atoms with E-state index in [0.717, 1.165) is 32.6 Å². The van der Waals surface area contributed by atoms with Crippen molar-refractivity contribution in [3.8, 4) is 0 Å². The molecule has 1 amide bonds. The summed E-state index contributed by atoms with van der Waals surface area (Å²) in [6.45, 7) is 1.21. The van der Waals surface area contributed by atoms with Crippen molar-refractivity contribution in [1.29, 1.82) is 0 Å². The number of nitrogens with zero attached hydrogens (tertiary/aromatic N) is 3. The summed E-state index contributed by atoms with van der Waals surface area (Å²) in [6, 6.07) is 22.4. The third-order valence-electron chi connectivity index (χ3n) is 5.54. The SMILES string of the molecule is O=C1CC(c2nc3ccccc3n2Cc2cccc(Br)c2)CN1c1ccc(F)cc1. The number of amides is 1. The van der Waals surface area contributed by atoms with Crippen molar-refractivity contribution in [3.05, 3.63) is 94.5 Å². The summed E-state index contributed by atoms with van der Waals surface area (Å²) in [7, 11) is 0. The van der Waals surface area contributed by atoms with Crippen molar-refractivity contribution in [2.45, 2.75) is 18.9 Å². The summed E-state index contributed by atoms with van der Waals surface area (Å²) in [6.07, 6.45) is 0.388. The van der Waals surface area contributed by atoms with Crippen LogP contribution in [0.25, 0.3) is 11.0 Å². The zero-order valence-electron chi connectivity index (χ0n) is 16.1. The number of anilines is 1. The van der Waals surface area contributed by atoms with Crippen molar-refractivity contribution in [2.24, 2.45) is 0 Å². The minimum atomic E-state index is -0.308. The standard InChI is InChI=1S/C24H19BrFN3O/c25-18-5-3-4-16(12-18)14-29-22-7-2-1-6-21(22)27-24(29)17-13-23(30)28(15-17)20-10-8-19(26)9-11-20/h1-12,17H,13-15H2. The monoisotopic (exact) mass is 463 g/mol. The van der Waals surface area contributed by atoms with E-state index in [-0.39, 0.29) is 17.6 Å². The second-order valence-electron chi connectivity index (χ2n) is 7.56. The molecule has 0 bridgehead atoms. The number of aromatic nitrogens is 2. The van der Waals surface area contributed by atoms with Gasteiger partial charge in [0.25, 0.3) is 0 Å². The molecule has 4 nitrogen and oxygen atoms in total. The fraction of sp³-hybridized carbons (Fsp3) is 0.167. The molecule has 0 radical (unpaired) electrons. The fourth-order valence-corrected chi connectivity index (χ4v) is 4.59. The number of fused-ring (bicyclic) bond motifs is 1. The topological polar surface area (TPSA) is 38.1 Å². The Kier molecular flexibility index (Phi) is 4.87. The summed E-state index contributed by atoms with van der Waals surface area (Å²) in [5.74, 6) is 0.613. The zero-order chi connectivity index (χ0) is 20.7. The maximum atomic E-state index is 13.3. The average Bonchev–Trinajstić information content (AvgIpc) is 3.30. The molecule has 0 saturated carbocycles. The van der Waals surface area contributed by atoms with Gasteiger partial charge in [-0.2, -0.15) is 0 Å². The number of imidazole rings is 1. The predicted octanol–water partition coefficient (Wildman–Crippen LogP) is 5.51. The summed E-state index contributed by atoms with van der Waals surface area (Å²) in [5, 5.41) is 0. The van der Waals surface area contributed by atoms with Gasteiger partial charge in [-0.15, -0.1) is 0 Å². The van der Waals surface area contributed by atoms with Crippen LogP contribution in [0.2, 0.25) is 0 Å². The highest BCUT2D eigenvalue weighted by Crippen LogP contribution is 2.33. The molecule has 1 fully saturated rings. The molecule has 2 heterocycles. The van der Waals surface area contributed by atoms with Crippen molar-refractivity contribution in [3.63, 3.8) is 0 Å². The minimum Gasteiger partial charge on any atom is -0.323 e. The normalized spacial score (nSPS) is 16.5. The number of halogens is 2. The second-order valence-corrected chi connectivity index (χ2v) is 8.47.